The van der Waals surface area contributed by atoms with Gasteiger partial charge in [0.2, 0.25) is 0 Å². The summed E-state index contributed by atoms with van der Waals surface area (Å²) < 4.78 is 11.1. The molecule has 1 aromatic rings. The fourth-order valence-electron chi connectivity index (χ4n) is 1.37. The monoisotopic (exact) mass is 286 g/mol. The SMILES string of the molecule is CCOc1ccc(Br)c(CC(=O)COC)c1. The number of rotatable bonds is 6. The predicted molar refractivity (Wildman–Crippen MR) is 65.9 cm³/mol. The number of carbonyl (C=O) groups is 1. The summed E-state index contributed by atoms with van der Waals surface area (Å²) >= 11 is 3.41. The van der Waals surface area contributed by atoms with E-state index < -0.39 is 0 Å². The largest absolute Gasteiger partial charge is 0.494 e. The van der Waals surface area contributed by atoms with Crippen LogP contribution in [0.4, 0.5) is 0 Å². The highest BCUT2D eigenvalue weighted by molar-refractivity contribution is 9.10. The minimum atomic E-state index is 0.0526. The summed E-state index contributed by atoms with van der Waals surface area (Å²) in [5.41, 5.74) is 0.924. The number of hydrogen-bond acceptors (Lipinski definition) is 3. The lowest BCUT2D eigenvalue weighted by Gasteiger charge is -2.07. The van der Waals surface area contributed by atoms with Gasteiger partial charge in [0, 0.05) is 18.0 Å². The Labute approximate surface area is 104 Å². The van der Waals surface area contributed by atoms with Gasteiger partial charge in [-0.05, 0) is 30.7 Å². The van der Waals surface area contributed by atoms with Crippen molar-refractivity contribution in [1.82, 2.24) is 0 Å². The zero-order chi connectivity index (χ0) is 12.0. The molecule has 4 heteroatoms. The Balaban J connectivity index is 2.77. The normalized spacial score (nSPS) is 10.2. The van der Waals surface area contributed by atoms with Gasteiger partial charge in [0.15, 0.2) is 5.78 Å². The number of Topliss-reactive ketones (excluding diaryl/α,β-unsaturated/α-hetero) is 1. The molecule has 0 bridgehead atoms. The lowest BCUT2D eigenvalue weighted by Crippen LogP contribution is -2.10. The van der Waals surface area contributed by atoms with Crippen LogP contribution < -0.4 is 4.74 Å². The second kappa shape index (κ2) is 6.66. The Morgan fingerprint density at radius 2 is 2.19 bits per heavy atom. The third-order valence-electron chi connectivity index (χ3n) is 2.02. The molecule has 0 saturated heterocycles. The molecule has 1 rings (SSSR count). The van der Waals surface area contributed by atoms with Gasteiger partial charge in [-0.3, -0.25) is 4.79 Å². The number of carbonyl (C=O) groups excluding carboxylic acids is 1. The smallest absolute Gasteiger partial charge is 0.162 e. The molecule has 16 heavy (non-hydrogen) atoms. The van der Waals surface area contributed by atoms with Crippen LogP contribution in [0.2, 0.25) is 0 Å². The molecule has 0 aliphatic carbocycles. The molecule has 0 fully saturated rings. The third-order valence-corrected chi connectivity index (χ3v) is 2.79. The zero-order valence-electron chi connectivity index (χ0n) is 9.46. The lowest BCUT2D eigenvalue weighted by atomic mass is 10.1. The maximum absolute atomic E-state index is 11.4. The van der Waals surface area contributed by atoms with Crippen LogP contribution in [-0.2, 0) is 16.0 Å². The first-order valence-corrected chi connectivity index (χ1v) is 5.88. The molecule has 0 spiro atoms. The number of methoxy groups -OCH3 is 1. The van der Waals surface area contributed by atoms with Gasteiger partial charge in [-0.2, -0.15) is 0 Å². The molecule has 88 valence electrons. The topological polar surface area (TPSA) is 35.5 Å². The second-order valence-corrected chi connectivity index (χ2v) is 4.19. The van der Waals surface area contributed by atoms with E-state index in [4.69, 9.17) is 9.47 Å². The van der Waals surface area contributed by atoms with Crippen LogP contribution in [0.1, 0.15) is 12.5 Å². The Hall–Kier alpha value is -0.870. The molecule has 0 aliphatic rings. The molecule has 0 heterocycles. The Morgan fingerprint density at radius 1 is 1.44 bits per heavy atom. The minimum absolute atomic E-state index is 0.0526. The van der Waals surface area contributed by atoms with Gasteiger partial charge in [0.25, 0.3) is 0 Å². The van der Waals surface area contributed by atoms with Crippen LogP contribution in [0.25, 0.3) is 0 Å². The van der Waals surface area contributed by atoms with Crippen molar-refractivity contribution in [2.75, 3.05) is 20.3 Å². The molecule has 0 aromatic heterocycles. The molecule has 0 atom stereocenters. The van der Waals surface area contributed by atoms with Crippen LogP contribution >= 0.6 is 15.9 Å². The Morgan fingerprint density at radius 3 is 2.81 bits per heavy atom. The molecule has 0 amide bonds. The highest BCUT2D eigenvalue weighted by Crippen LogP contribution is 2.23. The molecule has 0 N–H and O–H groups in total. The van der Waals surface area contributed by atoms with Crippen LogP contribution in [0.5, 0.6) is 5.75 Å². The molecule has 0 aliphatic heterocycles. The van der Waals surface area contributed by atoms with E-state index in [1.54, 1.807) is 0 Å². The number of ether oxygens (including phenoxy) is 2. The minimum Gasteiger partial charge on any atom is -0.494 e. The van der Waals surface area contributed by atoms with Gasteiger partial charge < -0.3 is 9.47 Å². The van der Waals surface area contributed by atoms with Gasteiger partial charge >= 0.3 is 0 Å². The Kier molecular flexibility index (Phi) is 5.49. The lowest BCUT2D eigenvalue weighted by molar-refractivity contribution is -0.121. The fraction of sp³-hybridized carbons (Fsp3) is 0.417. The number of halogens is 1. The highest BCUT2D eigenvalue weighted by atomic mass is 79.9. The first-order valence-electron chi connectivity index (χ1n) is 5.09. The molecule has 0 saturated carbocycles. The van der Waals surface area contributed by atoms with Gasteiger partial charge in [0.05, 0.1) is 6.61 Å². The maximum Gasteiger partial charge on any atom is 0.162 e. The molecule has 1 aromatic carbocycles. The summed E-state index contributed by atoms with van der Waals surface area (Å²) in [6.45, 7) is 2.69. The van der Waals surface area contributed by atoms with Crippen LogP contribution in [0.3, 0.4) is 0 Å². The van der Waals surface area contributed by atoms with Crippen LogP contribution in [0.15, 0.2) is 22.7 Å². The summed E-state index contributed by atoms with van der Waals surface area (Å²) in [4.78, 5) is 11.4. The van der Waals surface area contributed by atoms with Crippen LogP contribution in [-0.4, -0.2) is 26.1 Å². The van der Waals surface area contributed by atoms with E-state index >= 15 is 0 Å². The van der Waals surface area contributed by atoms with Gasteiger partial charge in [-0.15, -0.1) is 0 Å². The van der Waals surface area contributed by atoms with E-state index in [9.17, 15) is 4.79 Å². The van der Waals surface area contributed by atoms with Crippen molar-refractivity contribution in [2.45, 2.75) is 13.3 Å². The molecule has 3 nitrogen and oxygen atoms in total. The van der Waals surface area contributed by atoms with E-state index in [1.807, 2.05) is 25.1 Å². The van der Waals surface area contributed by atoms with E-state index in [0.29, 0.717) is 13.0 Å². The summed E-state index contributed by atoms with van der Waals surface area (Å²) in [5, 5.41) is 0. The Bertz CT molecular complexity index is 363. The molecular formula is C12H15BrO3. The zero-order valence-corrected chi connectivity index (χ0v) is 11.0. The summed E-state index contributed by atoms with van der Waals surface area (Å²) in [7, 11) is 1.52. The molecule has 0 unspecified atom stereocenters. The van der Waals surface area contributed by atoms with E-state index in [2.05, 4.69) is 15.9 Å². The van der Waals surface area contributed by atoms with Crippen molar-refractivity contribution in [3.8, 4) is 5.75 Å². The summed E-state index contributed by atoms with van der Waals surface area (Å²) in [6.07, 6.45) is 0.356. The first kappa shape index (κ1) is 13.2. The highest BCUT2D eigenvalue weighted by Gasteiger charge is 2.08. The van der Waals surface area contributed by atoms with E-state index in [-0.39, 0.29) is 12.4 Å². The number of hydrogen-bond donors (Lipinski definition) is 0. The van der Waals surface area contributed by atoms with Crippen molar-refractivity contribution in [3.05, 3.63) is 28.2 Å². The predicted octanol–water partition coefficient (Wildman–Crippen LogP) is 2.61. The van der Waals surface area contributed by atoms with Crippen molar-refractivity contribution in [3.63, 3.8) is 0 Å². The number of ketones is 1. The van der Waals surface area contributed by atoms with E-state index in [0.717, 1.165) is 15.8 Å². The number of benzene rings is 1. The van der Waals surface area contributed by atoms with Crippen LogP contribution in [0, 0.1) is 0 Å². The van der Waals surface area contributed by atoms with Crippen molar-refractivity contribution in [2.24, 2.45) is 0 Å². The summed E-state index contributed by atoms with van der Waals surface area (Å²) in [5.74, 6) is 0.836. The standard InChI is InChI=1S/C12H15BrO3/c1-3-16-11-4-5-12(13)9(7-11)6-10(14)8-15-2/h4-5,7H,3,6,8H2,1-2H3. The van der Waals surface area contributed by atoms with Crippen molar-refractivity contribution in [1.29, 1.82) is 0 Å². The molecular weight excluding hydrogens is 272 g/mol. The van der Waals surface area contributed by atoms with Gasteiger partial charge in [-0.1, -0.05) is 15.9 Å². The van der Waals surface area contributed by atoms with Gasteiger partial charge in [0.1, 0.15) is 12.4 Å². The second-order valence-electron chi connectivity index (χ2n) is 3.33. The average Bonchev–Trinajstić information content (AvgIpc) is 2.24. The van der Waals surface area contributed by atoms with Gasteiger partial charge in [-0.25, -0.2) is 0 Å². The first-order chi connectivity index (χ1) is 7.67. The van der Waals surface area contributed by atoms with E-state index in [1.165, 1.54) is 7.11 Å². The maximum atomic E-state index is 11.4. The quantitative estimate of drug-likeness (QED) is 0.806. The molecule has 0 radical (unpaired) electrons. The fourth-order valence-corrected chi connectivity index (χ4v) is 1.75. The summed E-state index contributed by atoms with van der Waals surface area (Å²) in [6, 6.07) is 5.64. The average molecular weight is 287 g/mol. The van der Waals surface area contributed by atoms with Crippen molar-refractivity contribution >= 4 is 21.7 Å². The third kappa shape index (κ3) is 3.94. The van der Waals surface area contributed by atoms with Crippen molar-refractivity contribution < 1.29 is 14.3 Å².